The molecule has 0 radical (unpaired) electrons. The number of aryl methyl sites for hydroxylation is 1. The number of hydrogen-bond acceptors (Lipinski definition) is 4. The molecule has 124 valence electrons. The van der Waals surface area contributed by atoms with E-state index in [0.717, 1.165) is 15.7 Å². The van der Waals surface area contributed by atoms with E-state index in [9.17, 15) is 9.90 Å². The molecule has 0 amide bonds. The molecule has 3 rings (SSSR count). The number of halogens is 2. The molecule has 0 spiro atoms. The summed E-state index contributed by atoms with van der Waals surface area (Å²) in [6, 6.07) is 9.52. The molecule has 0 aliphatic carbocycles. The fraction of sp³-hybridized carbons (Fsp3) is 0.176. The Bertz CT molecular complexity index is 939. The number of carbonyl (C=O) groups is 1. The molecule has 0 aliphatic rings. The molecule has 3 aromatic rings. The number of methoxy groups -OCH3 is 1. The molecular formula is C17H14BrClN2O3. The highest BCUT2D eigenvalue weighted by Crippen LogP contribution is 2.31. The Labute approximate surface area is 152 Å². The number of aliphatic hydroxyl groups excluding tert-OH is 1. The lowest BCUT2D eigenvalue weighted by Crippen LogP contribution is -2.16. The lowest BCUT2D eigenvalue weighted by Gasteiger charge is -2.14. The second-order valence-corrected chi connectivity index (χ2v) is 6.60. The molecule has 1 N–H and O–H groups in total. The van der Waals surface area contributed by atoms with Gasteiger partial charge in [0.05, 0.1) is 12.8 Å². The van der Waals surface area contributed by atoms with Crippen molar-refractivity contribution in [3.8, 4) is 11.3 Å². The number of ether oxygens (including phenoxy) is 1. The van der Waals surface area contributed by atoms with E-state index in [4.69, 9.17) is 11.6 Å². The summed E-state index contributed by atoms with van der Waals surface area (Å²) >= 11 is 9.86. The molecule has 0 saturated carbocycles. The van der Waals surface area contributed by atoms with Crippen LogP contribution in [-0.2, 0) is 9.53 Å². The van der Waals surface area contributed by atoms with Gasteiger partial charge in [0.25, 0.3) is 0 Å². The van der Waals surface area contributed by atoms with Gasteiger partial charge in [-0.25, -0.2) is 9.78 Å². The largest absolute Gasteiger partial charge is 0.467 e. The summed E-state index contributed by atoms with van der Waals surface area (Å²) in [5.41, 5.74) is 3.28. The minimum Gasteiger partial charge on any atom is -0.467 e. The van der Waals surface area contributed by atoms with Crippen LogP contribution in [0.2, 0.25) is 5.15 Å². The van der Waals surface area contributed by atoms with Crippen molar-refractivity contribution in [2.24, 2.45) is 0 Å². The number of carbonyl (C=O) groups excluding carboxylic acids is 1. The summed E-state index contributed by atoms with van der Waals surface area (Å²) in [5, 5.41) is 10.4. The van der Waals surface area contributed by atoms with Crippen LogP contribution in [0.3, 0.4) is 0 Å². The van der Waals surface area contributed by atoms with Gasteiger partial charge >= 0.3 is 5.97 Å². The van der Waals surface area contributed by atoms with Gasteiger partial charge in [0.2, 0.25) is 0 Å². The van der Waals surface area contributed by atoms with Crippen LogP contribution in [0, 0.1) is 6.92 Å². The maximum atomic E-state index is 11.7. The standard InChI is InChI=1S/C17H14BrClN2O3/c1-9-6-13-20-12(10-4-3-5-11(18)7-10)8-21(13)16(19)14(9)15(22)17(23)24-2/h3-8,15,22H,1-2H3/t15-/m0/s1. The number of pyridine rings is 1. The predicted molar refractivity (Wildman–Crippen MR) is 95.1 cm³/mol. The van der Waals surface area contributed by atoms with E-state index >= 15 is 0 Å². The molecular weight excluding hydrogens is 396 g/mol. The zero-order chi connectivity index (χ0) is 17.4. The van der Waals surface area contributed by atoms with E-state index in [1.165, 1.54) is 7.11 Å². The van der Waals surface area contributed by atoms with Gasteiger partial charge in [-0.3, -0.25) is 4.40 Å². The van der Waals surface area contributed by atoms with E-state index in [0.29, 0.717) is 16.8 Å². The van der Waals surface area contributed by atoms with Gasteiger partial charge in [0.1, 0.15) is 10.8 Å². The first-order chi connectivity index (χ1) is 11.4. The van der Waals surface area contributed by atoms with Crippen LogP contribution in [0.4, 0.5) is 0 Å². The zero-order valence-electron chi connectivity index (χ0n) is 13.0. The fourth-order valence-electron chi connectivity index (χ4n) is 2.56. The Kier molecular flexibility index (Phi) is 4.62. The number of hydrogen-bond donors (Lipinski definition) is 1. The Morgan fingerprint density at radius 3 is 2.83 bits per heavy atom. The maximum Gasteiger partial charge on any atom is 0.339 e. The molecule has 0 bridgehead atoms. The lowest BCUT2D eigenvalue weighted by molar-refractivity contribution is -0.150. The van der Waals surface area contributed by atoms with Crippen molar-refractivity contribution in [3.63, 3.8) is 0 Å². The number of imidazole rings is 1. The van der Waals surface area contributed by atoms with Crippen molar-refractivity contribution < 1.29 is 14.6 Å². The molecule has 0 fully saturated rings. The molecule has 1 aromatic carbocycles. The minimum atomic E-state index is -1.44. The average molecular weight is 410 g/mol. The maximum absolute atomic E-state index is 11.7. The normalized spacial score (nSPS) is 12.4. The van der Waals surface area contributed by atoms with E-state index in [-0.39, 0.29) is 5.15 Å². The first kappa shape index (κ1) is 17.0. The van der Waals surface area contributed by atoms with Gasteiger partial charge in [-0.2, -0.15) is 0 Å². The second-order valence-electron chi connectivity index (χ2n) is 5.32. The number of rotatable bonds is 3. The number of fused-ring (bicyclic) bond motifs is 1. The van der Waals surface area contributed by atoms with E-state index in [1.54, 1.807) is 23.6 Å². The monoisotopic (exact) mass is 408 g/mol. The predicted octanol–water partition coefficient (Wildman–Crippen LogP) is 3.93. The summed E-state index contributed by atoms with van der Waals surface area (Å²) in [5.74, 6) is -0.758. The van der Waals surface area contributed by atoms with Crippen molar-refractivity contribution in [3.05, 3.63) is 57.3 Å². The Morgan fingerprint density at radius 2 is 2.17 bits per heavy atom. The van der Waals surface area contributed by atoms with Crippen LogP contribution in [0.25, 0.3) is 16.9 Å². The Balaban J connectivity index is 2.17. The molecule has 24 heavy (non-hydrogen) atoms. The number of aromatic nitrogens is 2. The van der Waals surface area contributed by atoms with Gasteiger partial charge in [-0.1, -0.05) is 39.7 Å². The summed E-state index contributed by atoms with van der Waals surface area (Å²) in [6.45, 7) is 1.76. The summed E-state index contributed by atoms with van der Waals surface area (Å²) in [7, 11) is 1.22. The minimum absolute atomic E-state index is 0.233. The molecule has 5 nitrogen and oxygen atoms in total. The average Bonchev–Trinajstić information content (AvgIpc) is 2.98. The highest BCUT2D eigenvalue weighted by Gasteiger charge is 2.25. The van der Waals surface area contributed by atoms with Crippen molar-refractivity contribution in [2.45, 2.75) is 13.0 Å². The molecule has 0 saturated heterocycles. The molecule has 1 atom stereocenters. The Hall–Kier alpha value is -1.89. The van der Waals surface area contributed by atoms with Gasteiger partial charge in [-0.15, -0.1) is 0 Å². The summed E-state index contributed by atoms with van der Waals surface area (Å²) in [4.78, 5) is 16.2. The quantitative estimate of drug-likeness (QED) is 0.526. The number of aliphatic hydroxyl groups is 1. The SMILES string of the molecule is COC(=O)[C@@H](O)c1c(C)cc2nc(-c3cccc(Br)c3)cn2c1Cl. The van der Waals surface area contributed by atoms with Gasteiger partial charge < -0.3 is 9.84 Å². The van der Waals surface area contributed by atoms with Crippen LogP contribution >= 0.6 is 27.5 Å². The van der Waals surface area contributed by atoms with Crippen LogP contribution in [0.1, 0.15) is 17.2 Å². The van der Waals surface area contributed by atoms with Gasteiger partial charge in [0.15, 0.2) is 6.10 Å². The summed E-state index contributed by atoms with van der Waals surface area (Å²) < 4.78 is 7.19. The number of nitrogens with zero attached hydrogens (tertiary/aromatic N) is 2. The van der Waals surface area contributed by atoms with Crippen LogP contribution < -0.4 is 0 Å². The molecule has 2 aromatic heterocycles. The van der Waals surface area contributed by atoms with Crippen LogP contribution in [-0.4, -0.2) is 27.6 Å². The van der Waals surface area contributed by atoms with E-state index < -0.39 is 12.1 Å². The summed E-state index contributed by atoms with van der Waals surface area (Å²) in [6.07, 6.45) is 0.329. The third-order valence-corrected chi connectivity index (χ3v) is 4.63. The smallest absolute Gasteiger partial charge is 0.339 e. The zero-order valence-corrected chi connectivity index (χ0v) is 15.3. The third-order valence-electron chi connectivity index (χ3n) is 3.76. The first-order valence-corrected chi connectivity index (χ1v) is 8.29. The third kappa shape index (κ3) is 2.92. The molecule has 0 aliphatic heterocycles. The van der Waals surface area contributed by atoms with Crippen molar-refractivity contribution in [2.75, 3.05) is 7.11 Å². The lowest BCUT2D eigenvalue weighted by atomic mass is 10.1. The highest BCUT2D eigenvalue weighted by molar-refractivity contribution is 9.10. The highest BCUT2D eigenvalue weighted by atomic mass is 79.9. The topological polar surface area (TPSA) is 63.8 Å². The molecule has 2 heterocycles. The Morgan fingerprint density at radius 1 is 1.42 bits per heavy atom. The fourth-order valence-corrected chi connectivity index (χ4v) is 3.35. The van der Waals surface area contributed by atoms with Crippen molar-refractivity contribution in [1.82, 2.24) is 9.38 Å². The van der Waals surface area contributed by atoms with E-state index in [2.05, 4.69) is 25.7 Å². The van der Waals surface area contributed by atoms with Gasteiger partial charge in [0, 0.05) is 21.8 Å². The molecule has 0 unspecified atom stereocenters. The number of esters is 1. The van der Waals surface area contributed by atoms with Crippen LogP contribution in [0.15, 0.2) is 41.0 Å². The van der Waals surface area contributed by atoms with Gasteiger partial charge in [-0.05, 0) is 30.7 Å². The number of benzene rings is 1. The first-order valence-electron chi connectivity index (χ1n) is 7.12. The van der Waals surface area contributed by atoms with E-state index in [1.807, 2.05) is 24.3 Å². The van der Waals surface area contributed by atoms with Crippen molar-refractivity contribution >= 4 is 39.1 Å². The van der Waals surface area contributed by atoms with Crippen molar-refractivity contribution in [1.29, 1.82) is 0 Å². The van der Waals surface area contributed by atoms with Crippen LogP contribution in [0.5, 0.6) is 0 Å². The molecule has 7 heteroatoms. The second kappa shape index (κ2) is 6.55.